The number of aryl methyl sites for hydroxylation is 1. The molecule has 0 aliphatic heterocycles. The summed E-state index contributed by atoms with van der Waals surface area (Å²) in [6.07, 6.45) is 2.95. The van der Waals surface area contributed by atoms with Crippen LogP contribution in [0.4, 0.5) is 4.39 Å². The van der Waals surface area contributed by atoms with E-state index in [1.807, 2.05) is 6.92 Å². The molecule has 1 aromatic carbocycles. The molecule has 0 aromatic heterocycles. The first-order chi connectivity index (χ1) is 9.86. The molecule has 0 saturated heterocycles. The molecule has 1 aromatic rings. The van der Waals surface area contributed by atoms with Gasteiger partial charge in [0, 0.05) is 5.56 Å². The number of halogens is 1. The molecular weight excluding hydrogens is 273 g/mol. The minimum absolute atomic E-state index is 0.131. The van der Waals surface area contributed by atoms with E-state index < -0.39 is 23.2 Å². The first kappa shape index (κ1) is 15.5. The normalized spacial score (nSPS) is 25.4. The Morgan fingerprint density at radius 2 is 2.10 bits per heavy atom. The Hall–Kier alpha value is -1.91. The van der Waals surface area contributed by atoms with E-state index in [-0.39, 0.29) is 5.92 Å². The fourth-order valence-electron chi connectivity index (χ4n) is 3.06. The van der Waals surface area contributed by atoms with Crippen LogP contribution in [0.15, 0.2) is 18.2 Å². The number of rotatable bonds is 3. The number of carboxylic acids is 1. The van der Waals surface area contributed by atoms with Gasteiger partial charge in [0.1, 0.15) is 11.4 Å². The van der Waals surface area contributed by atoms with Crippen molar-refractivity contribution in [3.63, 3.8) is 0 Å². The second kappa shape index (κ2) is 5.84. The SMILES string of the molecule is Cc1cc(F)ccc1C(=O)NC1(C(=O)O)CCCCC1C. The second-order valence-electron chi connectivity index (χ2n) is 5.84. The van der Waals surface area contributed by atoms with Gasteiger partial charge in [-0.1, -0.05) is 19.8 Å². The van der Waals surface area contributed by atoms with Gasteiger partial charge in [-0.15, -0.1) is 0 Å². The van der Waals surface area contributed by atoms with Crippen molar-refractivity contribution in [1.29, 1.82) is 0 Å². The molecular formula is C16H20FNO3. The molecule has 5 heteroatoms. The number of nitrogens with one attached hydrogen (secondary N) is 1. The van der Waals surface area contributed by atoms with E-state index >= 15 is 0 Å². The molecule has 2 unspecified atom stereocenters. The number of aliphatic carboxylic acids is 1. The zero-order valence-corrected chi connectivity index (χ0v) is 12.3. The summed E-state index contributed by atoms with van der Waals surface area (Å²) in [5, 5.41) is 12.3. The molecule has 2 rings (SSSR count). The van der Waals surface area contributed by atoms with Gasteiger partial charge in [-0.05, 0) is 49.4 Å². The largest absolute Gasteiger partial charge is 0.479 e. The van der Waals surface area contributed by atoms with E-state index in [0.717, 1.165) is 19.3 Å². The van der Waals surface area contributed by atoms with Crippen LogP contribution in [0.5, 0.6) is 0 Å². The van der Waals surface area contributed by atoms with Crippen LogP contribution in [0.3, 0.4) is 0 Å². The lowest BCUT2D eigenvalue weighted by atomic mass is 9.73. The Kier molecular flexibility index (Phi) is 4.30. The van der Waals surface area contributed by atoms with Crippen molar-refractivity contribution in [2.24, 2.45) is 5.92 Å². The predicted molar refractivity (Wildman–Crippen MR) is 76.6 cm³/mol. The maximum atomic E-state index is 13.1. The molecule has 0 heterocycles. The highest BCUT2D eigenvalue weighted by molar-refractivity contribution is 5.99. The van der Waals surface area contributed by atoms with E-state index in [1.54, 1.807) is 6.92 Å². The third kappa shape index (κ3) is 2.91. The lowest BCUT2D eigenvalue weighted by molar-refractivity contribution is -0.148. The van der Waals surface area contributed by atoms with Crippen LogP contribution in [0.25, 0.3) is 0 Å². The first-order valence-electron chi connectivity index (χ1n) is 7.19. The lowest BCUT2D eigenvalue weighted by Crippen LogP contribution is -2.60. The van der Waals surface area contributed by atoms with Crippen molar-refractivity contribution in [1.82, 2.24) is 5.32 Å². The van der Waals surface area contributed by atoms with Crippen LogP contribution in [0.2, 0.25) is 0 Å². The Bertz CT molecular complexity index is 573. The Morgan fingerprint density at radius 3 is 2.67 bits per heavy atom. The van der Waals surface area contributed by atoms with Gasteiger partial charge in [-0.25, -0.2) is 9.18 Å². The maximum Gasteiger partial charge on any atom is 0.329 e. The van der Waals surface area contributed by atoms with Crippen molar-refractivity contribution in [3.05, 3.63) is 35.1 Å². The number of carbonyl (C=O) groups is 2. The highest BCUT2D eigenvalue weighted by Crippen LogP contribution is 2.34. The van der Waals surface area contributed by atoms with Crippen molar-refractivity contribution >= 4 is 11.9 Å². The third-order valence-corrected chi connectivity index (χ3v) is 4.45. The molecule has 2 N–H and O–H groups in total. The fourth-order valence-corrected chi connectivity index (χ4v) is 3.06. The minimum atomic E-state index is -1.23. The number of benzene rings is 1. The number of carboxylic acid groups (broad SMARTS) is 1. The van der Waals surface area contributed by atoms with Gasteiger partial charge in [0.2, 0.25) is 0 Å². The average Bonchev–Trinajstić information content (AvgIpc) is 2.41. The van der Waals surface area contributed by atoms with Gasteiger partial charge >= 0.3 is 5.97 Å². The van der Waals surface area contributed by atoms with Crippen LogP contribution >= 0.6 is 0 Å². The van der Waals surface area contributed by atoms with Gasteiger partial charge in [-0.2, -0.15) is 0 Å². The summed E-state index contributed by atoms with van der Waals surface area (Å²) >= 11 is 0. The summed E-state index contributed by atoms with van der Waals surface area (Å²) in [4.78, 5) is 24.1. The Morgan fingerprint density at radius 1 is 1.38 bits per heavy atom. The fraction of sp³-hybridized carbons (Fsp3) is 0.500. The van der Waals surface area contributed by atoms with Crippen LogP contribution in [0.1, 0.15) is 48.5 Å². The molecule has 1 fully saturated rings. The van der Waals surface area contributed by atoms with E-state index in [9.17, 15) is 19.1 Å². The molecule has 1 amide bonds. The lowest BCUT2D eigenvalue weighted by Gasteiger charge is -2.39. The predicted octanol–water partition coefficient (Wildman–Crippen LogP) is 2.90. The van der Waals surface area contributed by atoms with Crippen LogP contribution in [-0.4, -0.2) is 22.5 Å². The Balaban J connectivity index is 2.28. The van der Waals surface area contributed by atoms with Crippen molar-refractivity contribution in [2.75, 3.05) is 0 Å². The Labute approximate surface area is 123 Å². The molecule has 114 valence electrons. The van der Waals surface area contributed by atoms with Crippen LogP contribution in [-0.2, 0) is 4.79 Å². The summed E-state index contributed by atoms with van der Waals surface area (Å²) in [5.74, 6) is -2.00. The van der Waals surface area contributed by atoms with Gasteiger partial charge in [0.25, 0.3) is 5.91 Å². The molecule has 1 aliphatic carbocycles. The summed E-state index contributed by atoms with van der Waals surface area (Å²) in [6.45, 7) is 3.49. The highest BCUT2D eigenvalue weighted by Gasteiger charge is 2.46. The van der Waals surface area contributed by atoms with E-state index in [0.29, 0.717) is 17.5 Å². The molecule has 21 heavy (non-hydrogen) atoms. The molecule has 1 saturated carbocycles. The number of carbonyl (C=O) groups excluding carboxylic acids is 1. The molecule has 1 aliphatic rings. The highest BCUT2D eigenvalue weighted by atomic mass is 19.1. The maximum absolute atomic E-state index is 13.1. The van der Waals surface area contributed by atoms with E-state index in [1.165, 1.54) is 18.2 Å². The summed E-state index contributed by atoms with van der Waals surface area (Å²) in [7, 11) is 0. The van der Waals surface area contributed by atoms with Crippen LogP contribution < -0.4 is 5.32 Å². The molecule has 0 radical (unpaired) electrons. The molecule has 0 bridgehead atoms. The summed E-state index contributed by atoms with van der Waals surface area (Å²) in [6, 6.07) is 3.87. The van der Waals surface area contributed by atoms with Gasteiger partial charge in [0.05, 0.1) is 0 Å². The quantitative estimate of drug-likeness (QED) is 0.900. The summed E-state index contributed by atoms with van der Waals surface area (Å²) < 4.78 is 13.1. The van der Waals surface area contributed by atoms with E-state index in [2.05, 4.69) is 5.32 Å². The van der Waals surface area contributed by atoms with Crippen molar-refractivity contribution in [3.8, 4) is 0 Å². The summed E-state index contributed by atoms with van der Waals surface area (Å²) in [5.41, 5.74) is -0.415. The van der Waals surface area contributed by atoms with Gasteiger partial charge in [-0.3, -0.25) is 4.79 Å². The average molecular weight is 293 g/mol. The monoisotopic (exact) mass is 293 g/mol. The minimum Gasteiger partial charge on any atom is -0.479 e. The number of hydrogen-bond acceptors (Lipinski definition) is 2. The van der Waals surface area contributed by atoms with E-state index in [4.69, 9.17) is 0 Å². The zero-order valence-electron chi connectivity index (χ0n) is 12.3. The smallest absolute Gasteiger partial charge is 0.329 e. The molecule has 0 spiro atoms. The number of hydrogen-bond donors (Lipinski definition) is 2. The first-order valence-corrected chi connectivity index (χ1v) is 7.19. The molecule has 2 atom stereocenters. The zero-order chi connectivity index (χ0) is 15.6. The number of amides is 1. The standard InChI is InChI=1S/C16H20FNO3/c1-10-9-12(17)6-7-13(10)14(19)18-16(15(20)21)8-4-3-5-11(16)2/h6-7,9,11H,3-5,8H2,1-2H3,(H,18,19)(H,20,21). The molecule has 4 nitrogen and oxygen atoms in total. The third-order valence-electron chi connectivity index (χ3n) is 4.45. The van der Waals surface area contributed by atoms with Crippen LogP contribution in [0, 0.1) is 18.7 Å². The topological polar surface area (TPSA) is 66.4 Å². The van der Waals surface area contributed by atoms with Gasteiger partial charge in [0.15, 0.2) is 0 Å². The van der Waals surface area contributed by atoms with Gasteiger partial charge < -0.3 is 10.4 Å². The van der Waals surface area contributed by atoms with Crippen molar-refractivity contribution < 1.29 is 19.1 Å². The second-order valence-corrected chi connectivity index (χ2v) is 5.84. The van der Waals surface area contributed by atoms with Crippen molar-refractivity contribution in [2.45, 2.75) is 45.1 Å².